The number of halogens is 1. The van der Waals surface area contributed by atoms with E-state index in [4.69, 9.17) is 17.4 Å². The van der Waals surface area contributed by atoms with E-state index in [1.54, 1.807) is 30.3 Å². The van der Waals surface area contributed by atoms with E-state index in [0.717, 1.165) is 16.8 Å². The monoisotopic (exact) mass is 289 g/mol. The summed E-state index contributed by atoms with van der Waals surface area (Å²) < 4.78 is 0. The number of nitrogen functional groups attached to an aromatic ring is 1. The van der Waals surface area contributed by atoms with E-state index in [-0.39, 0.29) is 5.91 Å². The Morgan fingerprint density at radius 2 is 1.90 bits per heavy atom. The zero-order valence-corrected chi connectivity index (χ0v) is 11.9. The molecule has 104 valence electrons. The van der Waals surface area contributed by atoms with E-state index in [1.807, 2.05) is 19.1 Å². The first kappa shape index (κ1) is 14.4. The molecular weight excluding hydrogens is 274 g/mol. The Balaban J connectivity index is 2.01. The number of hydrazine groups is 1. The number of carbonyl (C=O) groups is 1. The van der Waals surface area contributed by atoms with Crippen molar-refractivity contribution < 1.29 is 4.79 Å². The highest BCUT2D eigenvalue weighted by Gasteiger charge is 2.07. The number of amides is 1. The predicted octanol–water partition coefficient (Wildman–Crippen LogP) is 2.86. The molecule has 0 aliphatic rings. The van der Waals surface area contributed by atoms with Gasteiger partial charge in [0.1, 0.15) is 0 Å². The van der Waals surface area contributed by atoms with Crippen LogP contribution in [-0.4, -0.2) is 5.91 Å². The van der Waals surface area contributed by atoms with E-state index in [2.05, 4.69) is 10.7 Å². The number of aryl methyl sites for hydroxylation is 1. The van der Waals surface area contributed by atoms with Gasteiger partial charge in [-0.05, 0) is 48.4 Å². The summed E-state index contributed by atoms with van der Waals surface area (Å²) in [5.41, 5.74) is 5.91. The number of rotatable bonds is 4. The largest absolute Gasteiger partial charge is 0.348 e. The third-order valence-corrected chi connectivity index (χ3v) is 3.26. The molecule has 2 rings (SSSR count). The molecule has 0 saturated heterocycles. The van der Waals surface area contributed by atoms with Crippen LogP contribution in [0.15, 0.2) is 42.5 Å². The van der Waals surface area contributed by atoms with Crippen LogP contribution in [0.2, 0.25) is 5.02 Å². The molecule has 0 atom stereocenters. The quantitative estimate of drug-likeness (QED) is 0.599. The molecule has 0 unspecified atom stereocenters. The molecule has 0 aromatic heterocycles. The number of nitrogens with one attached hydrogen (secondary N) is 2. The van der Waals surface area contributed by atoms with E-state index >= 15 is 0 Å². The van der Waals surface area contributed by atoms with Gasteiger partial charge in [-0.25, -0.2) is 0 Å². The van der Waals surface area contributed by atoms with Crippen molar-refractivity contribution in [3.8, 4) is 0 Å². The summed E-state index contributed by atoms with van der Waals surface area (Å²) in [4.78, 5) is 12.0. The molecule has 0 heterocycles. The molecule has 0 aliphatic carbocycles. The van der Waals surface area contributed by atoms with Gasteiger partial charge in [0.15, 0.2) is 0 Å². The van der Waals surface area contributed by atoms with Gasteiger partial charge in [0.25, 0.3) is 5.91 Å². The lowest BCUT2D eigenvalue weighted by Gasteiger charge is -2.09. The number of nitrogens with two attached hydrogens (primary N) is 1. The summed E-state index contributed by atoms with van der Waals surface area (Å²) in [6, 6.07) is 12.7. The van der Waals surface area contributed by atoms with Crippen molar-refractivity contribution in [1.82, 2.24) is 5.32 Å². The zero-order chi connectivity index (χ0) is 14.5. The highest BCUT2D eigenvalue weighted by atomic mass is 35.5. The Morgan fingerprint density at radius 3 is 2.50 bits per heavy atom. The minimum atomic E-state index is -0.119. The Bertz CT molecular complexity index is 611. The van der Waals surface area contributed by atoms with Crippen molar-refractivity contribution in [3.05, 3.63) is 64.2 Å². The molecule has 0 fully saturated rings. The Labute approximate surface area is 122 Å². The van der Waals surface area contributed by atoms with Gasteiger partial charge < -0.3 is 10.7 Å². The average molecular weight is 290 g/mol. The van der Waals surface area contributed by atoms with Crippen LogP contribution in [0.3, 0.4) is 0 Å². The molecule has 4 N–H and O–H groups in total. The van der Waals surface area contributed by atoms with Gasteiger partial charge in [-0.3, -0.25) is 10.6 Å². The molecule has 1 amide bonds. The first-order chi connectivity index (χ1) is 9.60. The molecule has 2 aromatic carbocycles. The molecule has 5 heteroatoms. The molecule has 20 heavy (non-hydrogen) atoms. The lowest BCUT2D eigenvalue weighted by atomic mass is 10.1. The molecule has 2 aromatic rings. The Hall–Kier alpha value is -2.04. The van der Waals surface area contributed by atoms with Gasteiger partial charge in [0.05, 0.1) is 5.69 Å². The van der Waals surface area contributed by atoms with Crippen LogP contribution in [0.1, 0.15) is 21.5 Å². The van der Waals surface area contributed by atoms with Gasteiger partial charge >= 0.3 is 0 Å². The summed E-state index contributed by atoms with van der Waals surface area (Å²) in [5.74, 6) is 5.24. The van der Waals surface area contributed by atoms with Crippen molar-refractivity contribution in [2.45, 2.75) is 13.5 Å². The fourth-order valence-electron chi connectivity index (χ4n) is 1.85. The zero-order valence-electron chi connectivity index (χ0n) is 11.1. The van der Waals surface area contributed by atoms with Gasteiger partial charge in [-0.1, -0.05) is 23.7 Å². The lowest BCUT2D eigenvalue weighted by molar-refractivity contribution is 0.0951. The van der Waals surface area contributed by atoms with Crippen LogP contribution in [0.4, 0.5) is 5.69 Å². The van der Waals surface area contributed by atoms with E-state index in [1.165, 1.54) is 0 Å². The minimum Gasteiger partial charge on any atom is -0.348 e. The van der Waals surface area contributed by atoms with E-state index in [0.29, 0.717) is 17.1 Å². The average Bonchev–Trinajstić information content (AvgIpc) is 2.46. The number of carbonyl (C=O) groups excluding carboxylic acids is 1. The molecular formula is C15H16ClN3O. The molecule has 0 saturated carbocycles. The minimum absolute atomic E-state index is 0.119. The van der Waals surface area contributed by atoms with E-state index in [9.17, 15) is 4.79 Å². The van der Waals surface area contributed by atoms with Crippen molar-refractivity contribution in [3.63, 3.8) is 0 Å². The third-order valence-electron chi connectivity index (χ3n) is 3.01. The fraction of sp³-hybridized carbons (Fsp3) is 0.133. The Kier molecular flexibility index (Phi) is 4.61. The summed E-state index contributed by atoms with van der Waals surface area (Å²) in [6.07, 6.45) is 0. The van der Waals surface area contributed by atoms with Crippen molar-refractivity contribution in [2.24, 2.45) is 5.84 Å². The maximum Gasteiger partial charge on any atom is 0.251 e. The number of benzene rings is 2. The summed E-state index contributed by atoms with van der Waals surface area (Å²) in [6.45, 7) is 2.36. The highest BCUT2D eigenvalue weighted by molar-refractivity contribution is 6.30. The summed E-state index contributed by atoms with van der Waals surface area (Å²) in [7, 11) is 0. The van der Waals surface area contributed by atoms with E-state index < -0.39 is 0 Å². The van der Waals surface area contributed by atoms with Crippen molar-refractivity contribution in [2.75, 3.05) is 5.43 Å². The van der Waals surface area contributed by atoms with Gasteiger partial charge in [0.2, 0.25) is 0 Å². The molecule has 0 bridgehead atoms. The van der Waals surface area contributed by atoms with Crippen LogP contribution in [-0.2, 0) is 6.54 Å². The third kappa shape index (κ3) is 3.50. The van der Waals surface area contributed by atoms with Crippen molar-refractivity contribution in [1.29, 1.82) is 0 Å². The topological polar surface area (TPSA) is 67.2 Å². The highest BCUT2D eigenvalue weighted by Crippen LogP contribution is 2.15. The molecule has 0 spiro atoms. The Morgan fingerprint density at radius 1 is 1.20 bits per heavy atom. The van der Waals surface area contributed by atoms with Gasteiger partial charge in [-0.15, -0.1) is 0 Å². The second kappa shape index (κ2) is 6.41. The predicted molar refractivity (Wildman–Crippen MR) is 81.6 cm³/mol. The fourth-order valence-corrected chi connectivity index (χ4v) is 1.98. The van der Waals surface area contributed by atoms with Crippen molar-refractivity contribution >= 4 is 23.2 Å². The second-order valence-electron chi connectivity index (χ2n) is 4.48. The molecule has 0 radical (unpaired) electrons. The number of hydrogen-bond donors (Lipinski definition) is 3. The first-order valence-corrected chi connectivity index (χ1v) is 6.58. The first-order valence-electron chi connectivity index (χ1n) is 6.20. The number of hydrogen-bond acceptors (Lipinski definition) is 3. The van der Waals surface area contributed by atoms with Crippen LogP contribution >= 0.6 is 11.6 Å². The normalized spacial score (nSPS) is 10.2. The van der Waals surface area contributed by atoms with Crippen LogP contribution < -0.4 is 16.6 Å². The summed E-state index contributed by atoms with van der Waals surface area (Å²) in [5, 5.41) is 3.55. The lowest BCUT2D eigenvalue weighted by Crippen LogP contribution is -2.23. The SMILES string of the molecule is Cc1cc(C(=O)NCc2ccc(Cl)cc2)ccc1NN. The standard InChI is InChI=1S/C15H16ClN3O/c1-10-8-12(4-7-14(10)19-17)15(20)18-9-11-2-5-13(16)6-3-11/h2-8,19H,9,17H2,1H3,(H,18,20). The van der Waals surface area contributed by atoms with Gasteiger partial charge in [-0.2, -0.15) is 0 Å². The molecule has 0 aliphatic heterocycles. The van der Waals surface area contributed by atoms with Gasteiger partial charge in [0, 0.05) is 17.1 Å². The maximum atomic E-state index is 12.0. The summed E-state index contributed by atoms with van der Waals surface area (Å²) >= 11 is 5.81. The number of anilines is 1. The van der Waals surface area contributed by atoms with Crippen LogP contribution in [0.25, 0.3) is 0 Å². The van der Waals surface area contributed by atoms with Crippen LogP contribution in [0, 0.1) is 6.92 Å². The second-order valence-corrected chi connectivity index (χ2v) is 4.92. The van der Waals surface area contributed by atoms with Crippen LogP contribution in [0.5, 0.6) is 0 Å². The smallest absolute Gasteiger partial charge is 0.251 e. The molecule has 4 nitrogen and oxygen atoms in total. The maximum absolute atomic E-state index is 12.0.